The number of hydrogen-bond donors (Lipinski definition) is 3. The van der Waals surface area contributed by atoms with Crippen LogP contribution in [0, 0.1) is 0 Å². The van der Waals surface area contributed by atoms with E-state index < -0.39 is 6.10 Å². The number of halogens is 2. The first-order valence-corrected chi connectivity index (χ1v) is 9.36. The number of nitrogens with two attached hydrogens (primary N) is 1. The number of nitrogens with one attached hydrogen (secondary N) is 1. The normalized spacial score (nSPS) is 18.5. The molecule has 0 aromatic heterocycles. The van der Waals surface area contributed by atoms with Gasteiger partial charge in [0.1, 0.15) is 12.4 Å². The Morgan fingerprint density at radius 2 is 1.79 bits per heavy atom. The maximum atomic E-state index is 10.9. The Labute approximate surface area is 180 Å². The molecule has 156 valence electrons. The number of ether oxygens (including phenoxy) is 1. The minimum Gasteiger partial charge on any atom is -0.489 e. The van der Waals surface area contributed by atoms with Gasteiger partial charge in [0.05, 0.1) is 6.10 Å². The van der Waals surface area contributed by atoms with Crippen molar-refractivity contribution in [3.8, 4) is 5.75 Å². The molecule has 6 heteroatoms. The number of aliphatic hydroxyl groups is 1. The predicted octanol–water partition coefficient (Wildman–Crippen LogP) is 4.30. The van der Waals surface area contributed by atoms with Crippen LogP contribution >= 0.6 is 24.8 Å². The highest BCUT2D eigenvalue weighted by Gasteiger charge is 2.32. The molecule has 2 atom stereocenters. The third-order valence-corrected chi connectivity index (χ3v) is 4.89. The second kappa shape index (κ2) is 10.5. The predicted molar refractivity (Wildman–Crippen MR) is 120 cm³/mol. The monoisotopic (exact) mass is 426 g/mol. The third kappa shape index (κ3) is 5.85. The molecule has 2 aromatic rings. The molecule has 3 rings (SSSR count). The SMILES string of the molecule is CC(C)(C)NC1CCc2c(ccc(OCc3ccccc3)c2CN)C1O.Cl.Cl. The van der Waals surface area contributed by atoms with E-state index in [1.165, 1.54) is 0 Å². The Morgan fingerprint density at radius 1 is 1.11 bits per heavy atom. The van der Waals surface area contributed by atoms with Gasteiger partial charge in [-0.15, -0.1) is 24.8 Å². The van der Waals surface area contributed by atoms with Crippen molar-refractivity contribution in [2.75, 3.05) is 0 Å². The Kier molecular flexibility index (Phi) is 9.25. The number of fused-ring (bicyclic) bond motifs is 1. The molecule has 0 heterocycles. The summed E-state index contributed by atoms with van der Waals surface area (Å²) in [5.74, 6) is 0.824. The van der Waals surface area contributed by atoms with Gasteiger partial charge in [0.2, 0.25) is 0 Å². The van der Waals surface area contributed by atoms with Gasteiger partial charge in [-0.2, -0.15) is 0 Å². The maximum Gasteiger partial charge on any atom is 0.124 e. The number of aliphatic hydroxyl groups excluding tert-OH is 1. The number of benzene rings is 2. The summed E-state index contributed by atoms with van der Waals surface area (Å²) in [6, 6.07) is 14.1. The molecule has 0 fully saturated rings. The second-order valence-electron chi connectivity index (χ2n) is 8.07. The van der Waals surface area contributed by atoms with E-state index in [1.54, 1.807) is 0 Å². The zero-order valence-corrected chi connectivity index (χ0v) is 18.4. The highest BCUT2D eigenvalue weighted by atomic mass is 35.5. The minimum absolute atomic E-state index is 0. The van der Waals surface area contributed by atoms with Gasteiger partial charge in [-0.25, -0.2) is 0 Å². The molecule has 2 unspecified atom stereocenters. The largest absolute Gasteiger partial charge is 0.489 e. The van der Waals surface area contributed by atoms with E-state index in [9.17, 15) is 5.11 Å². The molecule has 4 N–H and O–H groups in total. The summed E-state index contributed by atoms with van der Waals surface area (Å²) in [6.45, 7) is 7.31. The molecule has 0 amide bonds. The zero-order valence-electron chi connectivity index (χ0n) is 16.8. The smallest absolute Gasteiger partial charge is 0.124 e. The van der Waals surface area contributed by atoms with Crippen LogP contribution in [0.2, 0.25) is 0 Å². The lowest BCUT2D eigenvalue weighted by Gasteiger charge is -2.37. The maximum absolute atomic E-state index is 10.9. The van der Waals surface area contributed by atoms with Gasteiger partial charge in [-0.1, -0.05) is 36.4 Å². The summed E-state index contributed by atoms with van der Waals surface area (Å²) in [6.07, 6.45) is 1.27. The van der Waals surface area contributed by atoms with E-state index >= 15 is 0 Å². The van der Waals surface area contributed by atoms with Crippen molar-refractivity contribution in [2.24, 2.45) is 5.73 Å². The average Bonchev–Trinajstić information content (AvgIpc) is 2.61. The lowest BCUT2D eigenvalue weighted by molar-refractivity contribution is 0.0996. The van der Waals surface area contributed by atoms with Crippen molar-refractivity contribution >= 4 is 24.8 Å². The molecule has 0 spiro atoms. The van der Waals surface area contributed by atoms with Crippen molar-refractivity contribution in [3.63, 3.8) is 0 Å². The van der Waals surface area contributed by atoms with Crippen LogP contribution < -0.4 is 15.8 Å². The topological polar surface area (TPSA) is 67.5 Å². The van der Waals surface area contributed by atoms with Crippen LogP contribution in [0.25, 0.3) is 0 Å². The highest BCUT2D eigenvalue weighted by Crippen LogP contribution is 2.37. The minimum atomic E-state index is -0.522. The van der Waals surface area contributed by atoms with Gasteiger partial charge in [0, 0.05) is 23.7 Å². The van der Waals surface area contributed by atoms with E-state index in [-0.39, 0.29) is 36.4 Å². The quantitative estimate of drug-likeness (QED) is 0.666. The van der Waals surface area contributed by atoms with Crippen LogP contribution in [0.3, 0.4) is 0 Å². The molecule has 1 aliphatic carbocycles. The fraction of sp³-hybridized carbons (Fsp3) is 0.455. The van der Waals surface area contributed by atoms with Gasteiger partial charge >= 0.3 is 0 Å². The summed E-state index contributed by atoms with van der Waals surface area (Å²) in [5, 5.41) is 14.4. The van der Waals surface area contributed by atoms with E-state index in [0.29, 0.717) is 13.2 Å². The first-order valence-electron chi connectivity index (χ1n) is 9.36. The molecule has 0 aliphatic heterocycles. The summed E-state index contributed by atoms with van der Waals surface area (Å²) < 4.78 is 6.05. The average molecular weight is 427 g/mol. The van der Waals surface area contributed by atoms with Crippen LogP contribution in [-0.2, 0) is 19.6 Å². The number of hydrogen-bond acceptors (Lipinski definition) is 4. The van der Waals surface area contributed by atoms with Gasteiger partial charge < -0.3 is 20.9 Å². The van der Waals surface area contributed by atoms with Gasteiger partial charge in [0.25, 0.3) is 0 Å². The Hall–Kier alpha value is -1.30. The number of rotatable bonds is 5. The molecule has 28 heavy (non-hydrogen) atoms. The Balaban J connectivity index is 0.00000196. The van der Waals surface area contributed by atoms with Crippen molar-refractivity contribution in [1.82, 2.24) is 5.32 Å². The summed E-state index contributed by atoms with van der Waals surface area (Å²) in [4.78, 5) is 0. The van der Waals surface area contributed by atoms with E-state index in [1.807, 2.05) is 42.5 Å². The standard InChI is InChI=1S/C22H30N2O2.2ClH/c1-22(2,3)24-19-11-9-16-17(21(19)25)10-12-20(18(16)13-23)26-14-15-7-5-4-6-8-15;;/h4-8,10,12,19,21,24-25H,9,11,13-14,23H2,1-3H3;2*1H. The molecule has 2 aromatic carbocycles. The van der Waals surface area contributed by atoms with E-state index in [0.717, 1.165) is 40.8 Å². The fourth-order valence-electron chi connectivity index (χ4n) is 3.74. The van der Waals surface area contributed by atoms with Crippen LogP contribution in [0.15, 0.2) is 42.5 Å². The van der Waals surface area contributed by atoms with Crippen molar-refractivity contribution in [3.05, 3.63) is 64.7 Å². The van der Waals surface area contributed by atoms with Crippen LogP contribution in [0.4, 0.5) is 0 Å². The van der Waals surface area contributed by atoms with Crippen LogP contribution in [0.5, 0.6) is 5.75 Å². The molecular weight excluding hydrogens is 395 g/mol. The molecule has 4 nitrogen and oxygen atoms in total. The lowest BCUT2D eigenvalue weighted by Crippen LogP contribution is -2.48. The molecule has 0 saturated heterocycles. The molecule has 0 bridgehead atoms. The first kappa shape index (κ1) is 24.7. The van der Waals surface area contributed by atoms with Gasteiger partial charge in [-0.3, -0.25) is 0 Å². The molecule has 0 saturated carbocycles. The van der Waals surface area contributed by atoms with Crippen molar-refractivity contribution < 1.29 is 9.84 Å². The Morgan fingerprint density at radius 3 is 2.39 bits per heavy atom. The molecular formula is C22H32Cl2N2O2. The zero-order chi connectivity index (χ0) is 18.7. The molecule has 1 aliphatic rings. The van der Waals surface area contributed by atoms with Crippen molar-refractivity contribution in [2.45, 2.75) is 64.4 Å². The van der Waals surface area contributed by atoms with Crippen LogP contribution in [-0.4, -0.2) is 16.7 Å². The van der Waals surface area contributed by atoms with E-state index in [2.05, 4.69) is 26.1 Å². The summed E-state index contributed by atoms with van der Waals surface area (Å²) >= 11 is 0. The fourth-order valence-corrected chi connectivity index (χ4v) is 3.74. The first-order chi connectivity index (χ1) is 12.4. The molecule has 0 radical (unpaired) electrons. The summed E-state index contributed by atoms with van der Waals surface area (Å²) in [5.41, 5.74) is 10.3. The highest BCUT2D eigenvalue weighted by molar-refractivity contribution is 5.85. The lowest BCUT2D eigenvalue weighted by atomic mass is 9.82. The van der Waals surface area contributed by atoms with Crippen molar-refractivity contribution in [1.29, 1.82) is 0 Å². The van der Waals surface area contributed by atoms with Gasteiger partial charge in [0.15, 0.2) is 0 Å². The van der Waals surface area contributed by atoms with Crippen LogP contribution in [0.1, 0.15) is 55.5 Å². The van der Waals surface area contributed by atoms with E-state index in [4.69, 9.17) is 10.5 Å². The Bertz CT molecular complexity index is 748. The second-order valence-corrected chi connectivity index (χ2v) is 8.07. The van der Waals surface area contributed by atoms with Gasteiger partial charge in [-0.05, 0) is 56.4 Å². The third-order valence-electron chi connectivity index (χ3n) is 4.89. The summed E-state index contributed by atoms with van der Waals surface area (Å²) in [7, 11) is 0.